The smallest absolute Gasteiger partial charge is 0.385 e. The predicted molar refractivity (Wildman–Crippen MR) is 54.3 cm³/mol. The fourth-order valence-corrected chi connectivity index (χ4v) is 0.747. The van der Waals surface area contributed by atoms with E-state index in [2.05, 4.69) is 0 Å². The average molecular weight is 221 g/mol. The molecular weight excluding hydrogens is 209 g/mol. The molecule has 0 fully saturated rings. The number of rotatable bonds is 9. The second kappa shape index (κ2) is 11.5. The largest absolute Gasteiger partial charge is 0.639 e. The van der Waals surface area contributed by atoms with E-state index in [9.17, 15) is 0 Å². The fourth-order valence-electron chi connectivity index (χ4n) is 0.747. The van der Waals surface area contributed by atoms with Crippen LogP contribution in [0.1, 0.15) is 19.3 Å². The van der Waals surface area contributed by atoms with Crippen LogP contribution in [0.4, 0.5) is 0 Å². The number of nitrogens with zero attached hydrogens (tertiary/aromatic N) is 3. The fraction of sp³-hybridized carbons (Fsp3) is 0.667. The topological polar surface area (TPSA) is 99.1 Å². The zero-order valence-electron chi connectivity index (χ0n) is 8.89. The second-order valence-electron chi connectivity index (χ2n) is 2.63. The second-order valence-corrected chi connectivity index (χ2v) is 2.63. The normalized spacial score (nSPS) is 8.81. The highest BCUT2D eigenvalue weighted by Gasteiger charge is 2.20. The molecule has 0 bridgehead atoms. The lowest BCUT2D eigenvalue weighted by atomic mass is 10.2. The molecule has 0 spiro atoms. The van der Waals surface area contributed by atoms with Crippen molar-refractivity contribution < 1.29 is 14.0 Å². The third-order valence-electron chi connectivity index (χ3n) is 1.40. The van der Waals surface area contributed by atoms with E-state index in [4.69, 9.17) is 29.7 Å². The zero-order chi connectivity index (χ0) is 12.1. The molecule has 0 aromatic heterocycles. The minimum Gasteiger partial charge on any atom is -0.385 e. The van der Waals surface area contributed by atoms with Gasteiger partial charge in [0.1, 0.15) is 0 Å². The van der Waals surface area contributed by atoms with E-state index < -0.39 is 7.32 Å². The van der Waals surface area contributed by atoms with Crippen molar-refractivity contribution in [2.24, 2.45) is 0 Å². The minimum absolute atomic E-state index is 0.195. The van der Waals surface area contributed by atoms with Crippen molar-refractivity contribution in [1.82, 2.24) is 0 Å². The van der Waals surface area contributed by atoms with Gasteiger partial charge in [-0.1, -0.05) is 0 Å². The van der Waals surface area contributed by atoms with Gasteiger partial charge in [0, 0.05) is 19.8 Å². The van der Waals surface area contributed by atoms with E-state index >= 15 is 0 Å². The Morgan fingerprint density at radius 3 is 1.25 bits per heavy atom. The van der Waals surface area contributed by atoms with E-state index in [1.165, 1.54) is 0 Å². The molecule has 0 aromatic rings. The van der Waals surface area contributed by atoms with Crippen LogP contribution in [-0.4, -0.2) is 27.1 Å². The maximum atomic E-state index is 8.31. The van der Waals surface area contributed by atoms with Crippen LogP contribution in [0.15, 0.2) is 0 Å². The summed E-state index contributed by atoms with van der Waals surface area (Å²) in [7, 11) is -0.907. The van der Waals surface area contributed by atoms with Gasteiger partial charge in [0.25, 0.3) is 0 Å². The lowest BCUT2D eigenvalue weighted by molar-refractivity contribution is 0.0984. The molecule has 0 amide bonds. The zero-order valence-corrected chi connectivity index (χ0v) is 8.89. The first-order chi connectivity index (χ1) is 7.85. The summed E-state index contributed by atoms with van der Waals surface area (Å²) in [5.41, 5.74) is 0. The van der Waals surface area contributed by atoms with Crippen molar-refractivity contribution in [2.45, 2.75) is 19.3 Å². The quantitative estimate of drug-likeness (QED) is 0.421. The van der Waals surface area contributed by atoms with Crippen LogP contribution in [0.25, 0.3) is 0 Å². The van der Waals surface area contributed by atoms with Crippen LogP contribution in [0.5, 0.6) is 0 Å². The molecule has 0 aliphatic heterocycles. The molecule has 0 radical (unpaired) electrons. The van der Waals surface area contributed by atoms with E-state index in [0.717, 1.165) is 0 Å². The van der Waals surface area contributed by atoms with Gasteiger partial charge in [-0.3, -0.25) is 0 Å². The molecule has 0 unspecified atom stereocenters. The molecule has 16 heavy (non-hydrogen) atoms. The van der Waals surface area contributed by atoms with Crippen molar-refractivity contribution in [3.05, 3.63) is 0 Å². The van der Waals surface area contributed by atoms with Crippen LogP contribution >= 0.6 is 0 Å². The third kappa shape index (κ3) is 8.99. The van der Waals surface area contributed by atoms with E-state index in [-0.39, 0.29) is 39.1 Å². The molecule has 0 N–H and O–H groups in total. The third-order valence-corrected chi connectivity index (χ3v) is 1.40. The van der Waals surface area contributed by atoms with Crippen LogP contribution < -0.4 is 0 Å². The van der Waals surface area contributed by atoms with Crippen molar-refractivity contribution in [2.75, 3.05) is 19.8 Å². The number of hydrogen-bond donors (Lipinski definition) is 0. The van der Waals surface area contributed by atoms with Crippen LogP contribution in [0, 0.1) is 34.0 Å². The number of hydrogen-bond acceptors (Lipinski definition) is 6. The van der Waals surface area contributed by atoms with Crippen molar-refractivity contribution >= 4 is 7.32 Å². The van der Waals surface area contributed by atoms with E-state index in [1.807, 2.05) is 18.2 Å². The van der Waals surface area contributed by atoms with Crippen LogP contribution in [0.3, 0.4) is 0 Å². The first-order valence-electron chi connectivity index (χ1n) is 4.80. The summed E-state index contributed by atoms with van der Waals surface area (Å²) < 4.78 is 15.3. The Kier molecular flexibility index (Phi) is 10.4. The summed E-state index contributed by atoms with van der Waals surface area (Å²) in [6.07, 6.45) is 0.707. The molecule has 0 heterocycles. The monoisotopic (exact) mass is 221 g/mol. The SMILES string of the molecule is N#CCCOB(OCCC#N)OCCC#N. The van der Waals surface area contributed by atoms with E-state index in [0.29, 0.717) is 0 Å². The van der Waals surface area contributed by atoms with Gasteiger partial charge < -0.3 is 14.0 Å². The van der Waals surface area contributed by atoms with Crippen molar-refractivity contribution in [3.8, 4) is 18.2 Å². The standard InChI is InChI=1S/C9H12BN3O3/c11-4-1-7-14-10(15-8-2-5-12)16-9-3-6-13/h1-3,7-9H2. The molecule has 0 aromatic carbocycles. The molecule has 0 saturated carbocycles. The molecule has 84 valence electrons. The first-order valence-corrected chi connectivity index (χ1v) is 4.80. The Morgan fingerprint density at radius 2 is 1.00 bits per heavy atom. The van der Waals surface area contributed by atoms with Gasteiger partial charge in [-0.2, -0.15) is 15.8 Å². The van der Waals surface area contributed by atoms with E-state index in [1.54, 1.807) is 0 Å². The lowest BCUT2D eigenvalue weighted by Crippen LogP contribution is -2.28. The Bertz CT molecular complexity index is 244. The molecule has 0 aliphatic rings. The van der Waals surface area contributed by atoms with Gasteiger partial charge in [-0.05, 0) is 0 Å². The van der Waals surface area contributed by atoms with Gasteiger partial charge in [0.15, 0.2) is 0 Å². The summed E-state index contributed by atoms with van der Waals surface area (Å²) in [6.45, 7) is 0.584. The number of nitriles is 3. The molecule has 7 heteroatoms. The van der Waals surface area contributed by atoms with Crippen LogP contribution in [0.2, 0.25) is 0 Å². The average Bonchev–Trinajstić information content (AvgIpc) is 2.29. The Balaban J connectivity index is 3.73. The molecule has 6 nitrogen and oxygen atoms in total. The van der Waals surface area contributed by atoms with Crippen molar-refractivity contribution in [1.29, 1.82) is 15.8 Å². The van der Waals surface area contributed by atoms with Gasteiger partial charge in [0.2, 0.25) is 0 Å². The lowest BCUT2D eigenvalue weighted by Gasteiger charge is -2.11. The Hall–Kier alpha value is -1.59. The van der Waals surface area contributed by atoms with Gasteiger partial charge in [0.05, 0.1) is 37.5 Å². The van der Waals surface area contributed by atoms with Gasteiger partial charge in [-0.15, -0.1) is 0 Å². The summed E-state index contributed by atoms with van der Waals surface area (Å²) in [5, 5.41) is 24.9. The van der Waals surface area contributed by atoms with Gasteiger partial charge in [-0.25, -0.2) is 0 Å². The highest BCUT2D eigenvalue weighted by Crippen LogP contribution is 1.96. The Labute approximate surface area is 95.1 Å². The summed E-state index contributed by atoms with van der Waals surface area (Å²) in [6, 6.07) is 5.75. The molecule has 0 atom stereocenters. The molecule has 0 aliphatic carbocycles. The van der Waals surface area contributed by atoms with Crippen LogP contribution in [-0.2, 0) is 14.0 Å². The summed E-state index contributed by atoms with van der Waals surface area (Å²) in [4.78, 5) is 0. The predicted octanol–water partition coefficient (Wildman–Crippen LogP) is 0.762. The maximum Gasteiger partial charge on any atom is 0.639 e. The van der Waals surface area contributed by atoms with Crippen molar-refractivity contribution in [3.63, 3.8) is 0 Å². The molecule has 0 saturated heterocycles. The summed E-state index contributed by atoms with van der Waals surface area (Å²) >= 11 is 0. The summed E-state index contributed by atoms with van der Waals surface area (Å²) in [5.74, 6) is 0. The molecular formula is C9H12BN3O3. The Morgan fingerprint density at radius 1 is 0.688 bits per heavy atom. The highest BCUT2D eigenvalue weighted by molar-refractivity contribution is 6.36. The maximum absolute atomic E-state index is 8.31. The highest BCUT2D eigenvalue weighted by atomic mass is 16.7. The minimum atomic E-state index is -0.907. The van der Waals surface area contributed by atoms with Gasteiger partial charge >= 0.3 is 7.32 Å². The first kappa shape index (κ1) is 14.4. The molecule has 0 rings (SSSR count).